The van der Waals surface area contributed by atoms with Crippen LogP contribution in [0.3, 0.4) is 0 Å². The highest BCUT2D eigenvalue weighted by Gasteiger charge is 2.37. The van der Waals surface area contributed by atoms with E-state index < -0.39 is 21.8 Å². The van der Waals surface area contributed by atoms with Gasteiger partial charge in [0.15, 0.2) is 11.9 Å². The lowest BCUT2D eigenvalue weighted by Crippen LogP contribution is -2.47. The van der Waals surface area contributed by atoms with Gasteiger partial charge in [-0.1, -0.05) is 30.3 Å². The fraction of sp³-hybridized carbons (Fsp3) is 0.583. The first-order chi connectivity index (χ1) is 15.3. The molecule has 1 aromatic rings. The van der Waals surface area contributed by atoms with Crippen molar-refractivity contribution in [3.05, 3.63) is 47.2 Å². The molecule has 3 unspecified atom stereocenters. The first-order valence-corrected chi connectivity index (χ1v) is 12.3. The van der Waals surface area contributed by atoms with E-state index in [1.54, 1.807) is 0 Å². The number of aliphatic hydroxyl groups is 1. The van der Waals surface area contributed by atoms with Crippen LogP contribution in [0.5, 0.6) is 0 Å². The summed E-state index contributed by atoms with van der Waals surface area (Å²) in [6.07, 6.45) is 2.48. The number of ketones is 1. The van der Waals surface area contributed by atoms with Gasteiger partial charge in [0.2, 0.25) is 0 Å². The largest absolute Gasteiger partial charge is 0.396 e. The standard InChI is InChI=1S/C24H34N2O5S/c1-24(2,3)32(29)26-21(18-10-13-30-14-11-18)22-19(9-12-27)23(28)20(15-25-22)31-16-17-7-5-4-6-8-17/h4-8,15,18,20-21,26-27H,9-14,16H2,1-3H3. The third kappa shape index (κ3) is 6.42. The maximum Gasteiger partial charge on any atom is 0.195 e. The molecule has 32 heavy (non-hydrogen) atoms. The van der Waals surface area contributed by atoms with Crippen molar-refractivity contribution in [2.45, 2.75) is 63.5 Å². The third-order valence-electron chi connectivity index (χ3n) is 5.67. The zero-order chi connectivity index (χ0) is 23.1. The van der Waals surface area contributed by atoms with Gasteiger partial charge in [-0.25, -0.2) is 8.93 Å². The van der Waals surface area contributed by atoms with Crippen LogP contribution < -0.4 is 4.72 Å². The summed E-state index contributed by atoms with van der Waals surface area (Å²) in [4.78, 5) is 17.9. The van der Waals surface area contributed by atoms with E-state index in [0.717, 1.165) is 18.4 Å². The number of ether oxygens (including phenoxy) is 2. The van der Waals surface area contributed by atoms with E-state index in [2.05, 4.69) is 9.71 Å². The summed E-state index contributed by atoms with van der Waals surface area (Å²) >= 11 is 0. The zero-order valence-corrected chi connectivity index (χ0v) is 19.9. The van der Waals surface area contributed by atoms with E-state index in [1.807, 2.05) is 51.1 Å². The Kier molecular flexibility index (Phi) is 8.90. The Morgan fingerprint density at radius 2 is 1.94 bits per heavy atom. The second-order valence-electron chi connectivity index (χ2n) is 9.12. The summed E-state index contributed by atoms with van der Waals surface area (Å²) in [5, 5.41) is 9.67. The average molecular weight is 463 g/mol. The van der Waals surface area contributed by atoms with Gasteiger partial charge >= 0.3 is 0 Å². The molecule has 1 fully saturated rings. The van der Waals surface area contributed by atoms with E-state index in [1.165, 1.54) is 6.21 Å². The molecule has 2 N–H and O–H groups in total. The number of aliphatic imine (C=N–C) groups is 1. The number of hydrogen-bond donors (Lipinski definition) is 2. The Labute approximate surface area is 192 Å². The maximum absolute atomic E-state index is 13.3. The van der Waals surface area contributed by atoms with Gasteiger partial charge < -0.3 is 14.6 Å². The summed E-state index contributed by atoms with van der Waals surface area (Å²) < 4.78 is 27.1. The number of benzene rings is 1. The van der Waals surface area contributed by atoms with Crippen LogP contribution in [0.15, 0.2) is 46.6 Å². The Balaban J connectivity index is 1.85. The van der Waals surface area contributed by atoms with Crippen LogP contribution in [0.1, 0.15) is 45.6 Å². The number of hydrogen-bond acceptors (Lipinski definition) is 6. The van der Waals surface area contributed by atoms with Crippen molar-refractivity contribution < 1.29 is 23.6 Å². The number of rotatable bonds is 9. The minimum absolute atomic E-state index is 0.130. The van der Waals surface area contributed by atoms with E-state index in [4.69, 9.17) is 9.47 Å². The van der Waals surface area contributed by atoms with Crippen LogP contribution in [0.2, 0.25) is 0 Å². The van der Waals surface area contributed by atoms with Crippen molar-refractivity contribution in [3.8, 4) is 0 Å². The molecule has 2 aliphatic rings. The molecule has 0 bridgehead atoms. The van der Waals surface area contributed by atoms with Crippen LogP contribution in [0, 0.1) is 5.92 Å². The third-order valence-corrected chi connectivity index (χ3v) is 7.25. The molecule has 0 amide bonds. The Morgan fingerprint density at radius 1 is 1.25 bits per heavy atom. The van der Waals surface area contributed by atoms with Gasteiger partial charge in [0.25, 0.3) is 0 Å². The van der Waals surface area contributed by atoms with E-state index >= 15 is 0 Å². The summed E-state index contributed by atoms with van der Waals surface area (Å²) in [6.45, 7) is 7.08. The van der Waals surface area contributed by atoms with Crippen molar-refractivity contribution in [3.63, 3.8) is 0 Å². The number of carbonyl (C=O) groups is 1. The van der Waals surface area contributed by atoms with Crippen LogP contribution in [0.4, 0.5) is 0 Å². The molecule has 1 saturated heterocycles. The van der Waals surface area contributed by atoms with Gasteiger partial charge in [-0.2, -0.15) is 0 Å². The molecule has 2 aliphatic heterocycles. The van der Waals surface area contributed by atoms with E-state index in [-0.39, 0.29) is 30.8 Å². The second kappa shape index (κ2) is 11.4. The van der Waals surface area contributed by atoms with Crippen LogP contribution in [-0.4, -0.2) is 58.0 Å². The highest BCUT2D eigenvalue weighted by atomic mass is 32.2. The quantitative estimate of drug-likeness (QED) is 0.588. The second-order valence-corrected chi connectivity index (χ2v) is 11.1. The molecule has 8 heteroatoms. The Hall–Kier alpha value is -1.71. The Morgan fingerprint density at radius 3 is 2.56 bits per heavy atom. The normalized spacial score (nSPS) is 22.2. The average Bonchev–Trinajstić information content (AvgIpc) is 2.79. The first kappa shape index (κ1) is 24.9. The van der Waals surface area contributed by atoms with Crippen LogP contribution >= 0.6 is 0 Å². The van der Waals surface area contributed by atoms with Crippen molar-refractivity contribution >= 4 is 23.0 Å². The number of nitrogens with zero attached hydrogens (tertiary/aromatic N) is 1. The molecule has 0 spiro atoms. The fourth-order valence-corrected chi connectivity index (χ4v) is 4.71. The van der Waals surface area contributed by atoms with Gasteiger partial charge in [-0.05, 0) is 45.1 Å². The van der Waals surface area contributed by atoms with Gasteiger partial charge in [0.05, 0.1) is 34.1 Å². The van der Waals surface area contributed by atoms with E-state index in [0.29, 0.717) is 31.1 Å². The molecule has 3 rings (SSSR count). The molecule has 0 saturated carbocycles. The van der Waals surface area contributed by atoms with E-state index in [9.17, 15) is 14.1 Å². The lowest BCUT2D eigenvalue weighted by Gasteiger charge is -2.35. The molecule has 0 aliphatic carbocycles. The molecule has 1 aromatic carbocycles. The highest BCUT2D eigenvalue weighted by Crippen LogP contribution is 2.31. The number of carbonyl (C=O) groups excluding carboxylic acids is 1. The smallest absolute Gasteiger partial charge is 0.195 e. The molecule has 0 radical (unpaired) electrons. The minimum Gasteiger partial charge on any atom is -0.396 e. The monoisotopic (exact) mass is 462 g/mol. The van der Waals surface area contributed by atoms with Gasteiger partial charge in [-0.3, -0.25) is 9.79 Å². The molecule has 2 heterocycles. The molecule has 176 valence electrons. The number of Topliss-reactive ketones (excluding diaryl/α,β-unsaturated/α-hetero) is 1. The summed E-state index contributed by atoms with van der Waals surface area (Å²) in [7, 11) is -1.34. The van der Waals surface area contributed by atoms with Crippen molar-refractivity contribution in [2.24, 2.45) is 10.9 Å². The molecular weight excluding hydrogens is 428 g/mol. The Bertz CT molecular complexity index is 857. The van der Waals surface area contributed by atoms with Gasteiger partial charge in [0, 0.05) is 38.0 Å². The van der Waals surface area contributed by atoms with Crippen LogP contribution in [0.25, 0.3) is 0 Å². The number of aliphatic hydroxyl groups excluding tert-OH is 1. The molecule has 0 aromatic heterocycles. The summed E-state index contributed by atoms with van der Waals surface area (Å²) in [5.74, 6) is -0.0640. The predicted molar refractivity (Wildman–Crippen MR) is 126 cm³/mol. The molecular formula is C24H34N2O5S. The maximum atomic E-state index is 13.3. The van der Waals surface area contributed by atoms with Crippen molar-refractivity contribution in [1.82, 2.24) is 4.72 Å². The minimum atomic E-state index is -1.34. The summed E-state index contributed by atoms with van der Waals surface area (Å²) in [5.41, 5.74) is 1.98. The lowest BCUT2D eigenvalue weighted by atomic mass is 9.86. The van der Waals surface area contributed by atoms with Gasteiger partial charge in [0.1, 0.15) is 0 Å². The van der Waals surface area contributed by atoms with Crippen molar-refractivity contribution in [2.75, 3.05) is 19.8 Å². The van der Waals surface area contributed by atoms with Gasteiger partial charge in [-0.15, -0.1) is 0 Å². The van der Waals surface area contributed by atoms with Crippen molar-refractivity contribution in [1.29, 1.82) is 0 Å². The summed E-state index contributed by atoms with van der Waals surface area (Å²) in [6, 6.07) is 9.28. The highest BCUT2D eigenvalue weighted by molar-refractivity contribution is 7.84. The van der Waals surface area contributed by atoms with Crippen LogP contribution in [-0.2, 0) is 31.9 Å². The molecule has 3 atom stereocenters. The SMILES string of the molecule is CC(C)(C)S(=O)NC(C1=C(CCO)C(=O)C(OCc2ccccc2)C=N1)C1CCOCC1. The zero-order valence-electron chi connectivity index (χ0n) is 19.1. The predicted octanol–water partition coefficient (Wildman–Crippen LogP) is 2.71. The topological polar surface area (TPSA) is 97.2 Å². The first-order valence-electron chi connectivity index (χ1n) is 11.1. The molecule has 7 nitrogen and oxygen atoms in total. The fourth-order valence-electron chi connectivity index (χ4n) is 3.82. The number of nitrogens with one attached hydrogen (secondary N) is 1. The lowest BCUT2D eigenvalue weighted by molar-refractivity contribution is -0.123.